The van der Waals surface area contributed by atoms with E-state index in [-0.39, 0.29) is 5.69 Å². The Hall–Kier alpha value is -1.76. The minimum Gasteiger partial charge on any atom is -0.476 e. The van der Waals surface area contributed by atoms with E-state index in [0.717, 1.165) is 0 Å². The van der Waals surface area contributed by atoms with Gasteiger partial charge in [0, 0.05) is 17.7 Å². The number of rotatable bonds is 2. The summed E-state index contributed by atoms with van der Waals surface area (Å²) < 4.78 is 5.37. The molecule has 14 heavy (non-hydrogen) atoms. The van der Waals surface area contributed by atoms with Gasteiger partial charge in [0.05, 0.1) is 0 Å². The Morgan fingerprint density at radius 3 is 2.93 bits per heavy atom. The van der Waals surface area contributed by atoms with Crippen molar-refractivity contribution in [3.8, 4) is 5.13 Å². The summed E-state index contributed by atoms with van der Waals surface area (Å²) in [6.07, 6.45) is 1.55. The standard InChI is InChI=1S/C7H6N4O2S/c1-4-8-7(14-10-4)11-3-2-5(9-11)6(12)13/h2-3H,1H3,(H,12,13). The third kappa shape index (κ3) is 1.49. The lowest BCUT2D eigenvalue weighted by Crippen LogP contribution is -2.00. The molecule has 1 N–H and O–H groups in total. The molecule has 0 fully saturated rings. The maximum Gasteiger partial charge on any atom is 0.356 e. The normalized spacial score (nSPS) is 10.4. The Morgan fingerprint density at radius 1 is 1.64 bits per heavy atom. The zero-order valence-electron chi connectivity index (χ0n) is 7.21. The summed E-state index contributed by atoms with van der Waals surface area (Å²) in [6.45, 7) is 1.77. The molecular formula is C7H6N4O2S. The van der Waals surface area contributed by atoms with Crippen molar-refractivity contribution in [2.75, 3.05) is 0 Å². The Bertz CT molecular complexity index is 475. The summed E-state index contributed by atoms with van der Waals surface area (Å²) in [4.78, 5) is 14.6. The number of nitrogens with zero attached hydrogens (tertiary/aromatic N) is 4. The van der Waals surface area contributed by atoms with Crippen molar-refractivity contribution in [2.24, 2.45) is 0 Å². The molecule has 0 saturated heterocycles. The van der Waals surface area contributed by atoms with E-state index in [1.54, 1.807) is 13.1 Å². The molecule has 2 heterocycles. The lowest BCUT2D eigenvalue weighted by atomic mass is 10.5. The summed E-state index contributed by atoms with van der Waals surface area (Å²) in [6, 6.07) is 1.42. The first-order chi connectivity index (χ1) is 6.66. The van der Waals surface area contributed by atoms with Gasteiger partial charge in [0.25, 0.3) is 0 Å². The van der Waals surface area contributed by atoms with Gasteiger partial charge in [-0.1, -0.05) is 0 Å². The first-order valence-corrected chi connectivity index (χ1v) is 4.54. The fraction of sp³-hybridized carbons (Fsp3) is 0.143. The first kappa shape index (κ1) is 8.82. The van der Waals surface area contributed by atoms with Crippen molar-refractivity contribution in [2.45, 2.75) is 6.92 Å². The van der Waals surface area contributed by atoms with E-state index in [2.05, 4.69) is 14.5 Å². The molecule has 6 nitrogen and oxygen atoms in total. The predicted octanol–water partition coefficient (Wildman–Crippen LogP) is 0.730. The molecule has 0 aliphatic rings. The van der Waals surface area contributed by atoms with Crippen LogP contribution in [0.1, 0.15) is 16.3 Å². The van der Waals surface area contributed by atoms with Crippen molar-refractivity contribution >= 4 is 17.5 Å². The number of aromatic nitrogens is 4. The molecule has 72 valence electrons. The van der Waals surface area contributed by atoms with Crippen LogP contribution in [0, 0.1) is 6.92 Å². The number of hydrogen-bond donors (Lipinski definition) is 1. The van der Waals surface area contributed by atoms with Gasteiger partial charge < -0.3 is 5.11 Å². The predicted molar refractivity (Wildman–Crippen MR) is 48.7 cm³/mol. The molecule has 0 unspecified atom stereocenters. The van der Waals surface area contributed by atoms with Crippen LogP contribution in [0.25, 0.3) is 5.13 Å². The number of hydrogen-bond acceptors (Lipinski definition) is 5. The van der Waals surface area contributed by atoms with Gasteiger partial charge in [0.2, 0.25) is 5.13 Å². The van der Waals surface area contributed by atoms with Crippen LogP contribution in [0.4, 0.5) is 0 Å². The highest BCUT2D eigenvalue weighted by atomic mass is 32.1. The minimum atomic E-state index is -1.05. The van der Waals surface area contributed by atoms with Crippen molar-refractivity contribution in [1.82, 2.24) is 19.1 Å². The van der Waals surface area contributed by atoms with Crippen LogP contribution in [0.3, 0.4) is 0 Å². The van der Waals surface area contributed by atoms with Crippen LogP contribution < -0.4 is 0 Å². The summed E-state index contributed by atoms with van der Waals surface area (Å²) in [7, 11) is 0. The molecule has 0 amide bonds. The van der Waals surface area contributed by atoms with Crippen molar-refractivity contribution in [3.05, 3.63) is 23.8 Å². The number of aromatic carboxylic acids is 1. The Labute approximate surface area is 83.0 Å². The maximum atomic E-state index is 10.5. The molecule has 0 radical (unpaired) electrons. The number of aryl methyl sites for hydroxylation is 1. The van der Waals surface area contributed by atoms with Crippen molar-refractivity contribution < 1.29 is 9.90 Å². The molecule has 0 saturated carbocycles. The Balaban J connectivity index is 2.38. The van der Waals surface area contributed by atoms with E-state index in [4.69, 9.17) is 5.11 Å². The Morgan fingerprint density at radius 2 is 2.43 bits per heavy atom. The molecule has 7 heteroatoms. The molecule has 2 aromatic rings. The summed E-state index contributed by atoms with van der Waals surface area (Å²) in [5.74, 6) is -0.401. The largest absolute Gasteiger partial charge is 0.476 e. The quantitative estimate of drug-likeness (QED) is 0.790. The van der Waals surface area contributed by atoms with Crippen LogP contribution in [0.5, 0.6) is 0 Å². The van der Waals surface area contributed by atoms with Gasteiger partial charge in [-0.15, -0.1) is 0 Å². The highest BCUT2D eigenvalue weighted by Crippen LogP contribution is 2.09. The fourth-order valence-corrected chi connectivity index (χ4v) is 1.54. The van der Waals surface area contributed by atoms with Crippen molar-refractivity contribution in [3.63, 3.8) is 0 Å². The number of carbonyl (C=O) groups is 1. The highest BCUT2D eigenvalue weighted by molar-refractivity contribution is 7.08. The van der Waals surface area contributed by atoms with E-state index in [9.17, 15) is 4.79 Å². The zero-order chi connectivity index (χ0) is 10.1. The van der Waals surface area contributed by atoms with E-state index in [0.29, 0.717) is 11.0 Å². The average molecular weight is 210 g/mol. The van der Waals surface area contributed by atoms with E-state index < -0.39 is 5.97 Å². The molecule has 0 bridgehead atoms. The monoisotopic (exact) mass is 210 g/mol. The molecule has 0 aromatic carbocycles. The molecule has 0 aliphatic carbocycles. The minimum absolute atomic E-state index is 0.00199. The highest BCUT2D eigenvalue weighted by Gasteiger charge is 2.09. The fourth-order valence-electron chi connectivity index (χ4n) is 0.924. The third-order valence-electron chi connectivity index (χ3n) is 1.52. The lowest BCUT2D eigenvalue weighted by Gasteiger charge is -1.90. The van der Waals surface area contributed by atoms with Crippen LogP contribution in [0.15, 0.2) is 12.3 Å². The van der Waals surface area contributed by atoms with Crippen LogP contribution in [-0.2, 0) is 0 Å². The second-order valence-corrected chi connectivity index (χ2v) is 3.31. The second kappa shape index (κ2) is 3.18. The summed E-state index contributed by atoms with van der Waals surface area (Å²) >= 11 is 1.17. The summed E-state index contributed by atoms with van der Waals surface area (Å²) in [5.41, 5.74) is -0.00199. The zero-order valence-corrected chi connectivity index (χ0v) is 8.02. The van der Waals surface area contributed by atoms with Crippen LogP contribution in [-0.4, -0.2) is 30.2 Å². The van der Waals surface area contributed by atoms with E-state index in [1.165, 1.54) is 22.3 Å². The Kier molecular flexibility index (Phi) is 2.01. The molecule has 0 aliphatic heterocycles. The van der Waals surface area contributed by atoms with Gasteiger partial charge >= 0.3 is 5.97 Å². The van der Waals surface area contributed by atoms with Gasteiger partial charge in [-0.2, -0.15) is 9.47 Å². The van der Waals surface area contributed by atoms with Gasteiger partial charge in [0.1, 0.15) is 5.82 Å². The third-order valence-corrected chi connectivity index (χ3v) is 2.32. The maximum absolute atomic E-state index is 10.5. The molecule has 0 atom stereocenters. The van der Waals surface area contributed by atoms with E-state index >= 15 is 0 Å². The molecule has 2 aromatic heterocycles. The smallest absolute Gasteiger partial charge is 0.356 e. The first-order valence-electron chi connectivity index (χ1n) is 3.76. The lowest BCUT2D eigenvalue weighted by molar-refractivity contribution is 0.0690. The van der Waals surface area contributed by atoms with Gasteiger partial charge in [-0.25, -0.2) is 14.5 Å². The average Bonchev–Trinajstić information content (AvgIpc) is 2.70. The van der Waals surface area contributed by atoms with Crippen molar-refractivity contribution in [1.29, 1.82) is 0 Å². The van der Waals surface area contributed by atoms with Crippen LogP contribution >= 0.6 is 11.5 Å². The SMILES string of the molecule is Cc1nsc(-n2ccc(C(=O)O)n2)n1. The van der Waals surface area contributed by atoms with Crippen LogP contribution in [0.2, 0.25) is 0 Å². The molecule has 2 rings (SSSR count). The molecule has 0 spiro atoms. The topological polar surface area (TPSA) is 80.9 Å². The van der Waals surface area contributed by atoms with E-state index in [1.807, 2.05) is 0 Å². The molecular weight excluding hydrogens is 204 g/mol. The number of carboxylic acids is 1. The van der Waals surface area contributed by atoms with Gasteiger partial charge in [0.15, 0.2) is 5.69 Å². The van der Waals surface area contributed by atoms with Gasteiger partial charge in [-0.05, 0) is 13.0 Å². The second-order valence-electron chi connectivity index (χ2n) is 2.57. The van der Waals surface area contributed by atoms with Gasteiger partial charge in [-0.3, -0.25) is 0 Å². The summed E-state index contributed by atoms with van der Waals surface area (Å²) in [5, 5.41) is 13.0. The number of carboxylic acid groups (broad SMARTS) is 1.